The fourth-order valence-electron chi connectivity index (χ4n) is 2.48. The summed E-state index contributed by atoms with van der Waals surface area (Å²) in [6.07, 6.45) is 0. The van der Waals surface area contributed by atoms with E-state index in [0.717, 1.165) is 10.6 Å². The maximum atomic E-state index is 12.2. The van der Waals surface area contributed by atoms with Crippen LogP contribution in [0.2, 0.25) is 0 Å². The van der Waals surface area contributed by atoms with Crippen molar-refractivity contribution in [3.05, 3.63) is 71.8 Å². The standard InChI is InChI=1S/C20H19NOS/c1-14-10-11-17(12-15(14)2)21-20(22)13-23-19-9-5-7-16-6-3-4-8-18(16)19/h3-12H,13H2,1-2H3,(H,21,22). The van der Waals surface area contributed by atoms with E-state index in [9.17, 15) is 4.79 Å². The summed E-state index contributed by atoms with van der Waals surface area (Å²) in [7, 11) is 0. The molecule has 0 atom stereocenters. The number of thioether (sulfide) groups is 1. The van der Waals surface area contributed by atoms with Crippen LogP contribution in [-0.2, 0) is 4.79 Å². The largest absolute Gasteiger partial charge is 0.325 e. The molecule has 0 saturated heterocycles. The molecule has 23 heavy (non-hydrogen) atoms. The van der Waals surface area contributed by atoms with E-state index < -0.39 is 0 Å². The van der Waals surface area contributed by atoms with E-state index in [0.29, 0.717) is 5.75 Å². The van der Waals surface area contributed by atoms with Gasteiger partial charge in [-0.05, 0) is 53.9 Å². The molecule has 0 saturated carbocycles. The number of benzene rings is 3. The number of fused-ring (bicyclic) bond motifs is 1. The molecule has 3 heteroatoms. The number of anilines is 1. The van der Waals surface area contributed by atoms with Gasteiger partial charge >= 0.3 is 0 Å². The van der Waals surface area contributed by atoms with E-state index in [-0.39, 0.29) is 5.91 Å². The summed E-state index contributed by atoms with van der Waals surface area (Å²) in [5.41, 5.74) is 3.27. The summed E-state index contributed by atoms with van der Waals surface area (Å²) in [4.78, 5) is 13.3. The normalized spacial score (nSPS) is 10.7. The van der Waals surface area contributed by atoms with Crippen molar-refractivity contribution in [3.63, 3.8) is 0 Å². The van der Waals surface area contributed by atoms with Crippen molar-refractivity contribution in [1.29, 1.82) is 0 Å². The molecule has 3 aromatic rings. The van der Waals surface area contributed by atoms with Gasteiger partial charge in [0, 0.05) is 10.6 Å². The van der Waals surface area contributed by atoms with Gasteiger partial charge in [0.05, 0.1) is 5.75 Å². The van der Waals surface area contributed by atoms with Gasteiger partial charge in [0.2, 0.25) is 5.91 Å². The van der Waals surface area contributed by atoms with Gasteiger partial charge in [-0.15, -0.1) is 11.8 Å². The zero-order chi connectivity index (χ0) is 16.2. The van der Waals surface area contributed by atoms with Crippen LogP contribution in [0.5, 0.6) is 0 Å². The first-order chi connectivity index (χ1) is 11.1. The maximum Gasteiger partial charge on any atom is 0.234 e. The number of hydrogen-bond acceptors (Lipinski definition) is 2. The fraction of sp³-hybridized carbons (Fsp3) is 0.150. The third-order valence-corrected chi connectivity index (χ3v) is 4.97. The number of hydrogen-bond donors (Lipinski definition) is 1. The molecule has 1 amide bonds. The maximum absolute atomic E-state index is 12.2. The Morgan fingerprint density at radius 3 is 2.57 bits per heavy atom. The Labute approximate surface area is 140 Å². The number of amides is 1. The molecule has 0 fully saturated rings. The first-order valence-electron chi connectivity index (χ1n) is 7.61. The second-order valence-corrected chi connectivity index (χ2v) is 6.63. The molecule has 0 radical (unpaired) electrons. The Balaban J connectivity index is 1.67. The SMILES string of the molecule is Cc1ccc(NC(=O)CSc2cccc3ccccc23)cc1C. The molecule has 0 aliphatic carbocycles. The Morgan fingerprint density at radius 1 is 0.957 bits per heavy atom. The highest BCUT2D eigenvalue weighted by Crippen LogP contribution is 2.27. The molecular weight excluding hydrogens is 302 g/mol. The van der Waals surface area contributed by atoms with E-state index in [1.807, 2.05) is 36.4 Å². The first kappa shape index (κ1) is 15.6. The number of aryl methyl sites for hydroxylation is 2. The van der Waals surface area contributed by atoms with Crippen LogP contribution in [0.15, 0.2) is 65.6 Å². The van der Waals surface area contributed by atoms with E-state index in [1.165, 1.54) is 21.9 Å². The van der Waals surface area contributed by atoms with E-state index in [4.69, 9.17) is 0 Å². The lowest BCUT2D eigenvalue weighted by Crippen LogP contribution is -2.14. The van der Waals surface area contributed by atoms with Crippen LogP contribution in [0.1, 0.15) is 11.1 Å². The molecule has 0 spiro atoms. The highest BCUT2D eigenvalue weighted by molar-refractivity contribution is 8.00. The lowest BCUT2D eigenvalue weighted by Gasteiger charge is -2.09. The van der Waals surface area contributed by atoms with Crippen LogP contribution in [0.25, 0.3) is 10.8 Å². The molecule has 0 aliphatic rings. The van der Waals surface area contributed by atoms with Gasteiger partial charge in [-0.2, -0.15) is 0 Å². The zero-order valence-corrected chi connectivity index (χ0v) is 14.1. The molecule has 116 valence electrons. The lowest BCUT2D eigenvalue weighted by molar-refractivity contribution is -0.113. The van der Waals surface area contributed by atoms with E-state index >= 15 is 0 Å². The van der Waals surface area contributed by atoms with Crippen LogP contribution >= 0.6 is 11.8 Å². The Hall–Kier alpha value is -2.26. The minimum absolute atomic E-state index is 0.0196. The van der Waals surface area contributed by atoms with Gasteiger partial charge in [-0.25, -0.2) is 0 Å². The summed E-state index contributed by atoms with van der Waals surface area (Å²) in [5.74, 6) is 0.423. The summed E-state index contributed by atoms with van der Waals surface area (Å²) in [5, 5.41) is 5.36. The van der Waals surface area contributed by atoms with Crippen molar-refractivity contribution in [1.82, 2.24) is 0 Å². The van der Waals surface area contributed by atoms with Crippen LogP contribution in [0.3, 0.4) is 0 Å². The molecule has 1 N–H and O–H groups in total. The molecule has 0 heterocycles. The first-order valence-corrected chi connectivity index (χ1v) is 8.60. The monoisotopic (exact) mass is 321 g/mol. The van der Waals surface area contributed by atoms with Crippen molar-refractivity contribution in [2.75, 3.05) is 11.1 Å². The van der Waals surface area contributed by atoms with Gasteiger partial charge in [-0.1, -0.05) is 42.5 Å². The molecular formula is C20H19NOS. The van der Waals surface area contributed by atoms with Crippen molar-refractivity contribution in [2.45, 2.75) is 18.7 Å². The van der Waals surface area contributed by atoms with Crippen LogP contribution in [0.4, 0.5) is 5.69 Å². The van der Waals surface area contributed by atoms with E-state index in [1.54, 1.807) is 11.8 Å². The van der Waals surface area contributed by atoms with Crippen molar-refractivity contribution in [2.24, 2.45) is 0 Å². The Bertz CT molecular complexity index is 852. The number of rotatable bonds is 4. The lowest BCUT2D eigenvalue weighted by atomic mass is 10.1. The Kier molecular flexibility index (Phi) is 4.68. The minimum Gasteiger partial charge on any atom is -0.325 e. The number of nitrogens with one attached hydrogen (secondary N) is 1. The third-order valence-electron chi connectivity index (χ3n) is 3.90. The summed E-state index contributed by atoms with van der Waals surface area (Å²) in [6, 6.07) is 20.4. The average molecular weight is 321 g/mol. The summed E-state index contributed by atoms with van der Waals surface area (Å²) >= 11 is 1.57. The molecule has 2 nitrogen and oxygen atoms in total. The van der Waals surface area contributed by atoms with Crippen molar-refractivity contribution in [3.8, 4) is 0 Å². The minimum atomic E-state index is 0.0196. The number of carbonyl (C=O) groups excluding carboxylic acids is 1. The Morgan fingerprint density at radius 2 is 1.74 bits per heavy atom. The molecule has 0 aliphatic heterocycles. The topological polar surface area (TPSA) is 29.1 Å². The molecule has 3 rings (SSSR count). The predicted molar refractivity (Wildman–Crippen MR) is 99.2 cm³/mol. The van der Waals surface area contributed by atoms with Crippen molar-refractivity contribution >= 4 is 34.1 Å². The molecule has 0 unspecified atom stereocenters. The fourth-order valence-corrected chi connectivity index (χ4v) is 3.36. The van der Waals surface area contributed by atoms with Crippen molar-refractivity contribution < 1.29 is 4.79 Å². The number of carbonyl (C=O) groups is 1. The quantitative estimate of drug-likeness (QED) is 0.670. The highest BCUT2D eigenvalue weighted by atomic mass is 32.2. The second-order valence-electron chi connectivity index (χ2n) is 5.61. The smallest absolute Gasteiger partial charge is 0.234 e. The molecule has 3 aromatic carbocycles. The molecule has 0 bridgehead atoms. The zero-order valence-electron chi connectivity index (χ0n) is 13.3. The summed E-state index contributed by atoms with van der Waals surface area (Å²) in [6.45, 7) is 4.12. The average Bonchev–Trinajstić information content (AvgIpc) is 2.56. The molecule has 0 aromatic heterocycles. The third kappa shape index (κ3) is 3.74. The second kappa shape index (κ2) is 6.88. The van der Waals surface area contributed by atoms with Crippen LogP contribution < -0.4 is 5.32 Å². The van der Waals surface area contributed by atoms with Gasteiger partial charge in [0.25, 0.3) is 0 Å². The predicted octanol–water partition coefficient (Wildman–Crippen LogP) is 5.19. The van der Waals surface area contributed by atoms with Gasteiger partial charge in [0.1, 0.15) is 0 Å². The van der Waals surface area contributed by atoms with Gasteiger partial charge < -0.3 is 5.32 Å². The highest BCUT2D eigenvalue weighted by Gasteiger charge is 2.07. The van der Waals surface area contributed by atoms with Gasteiger partial charge in [-0.3, -0.25) is 4.79 Å². The van der Waals surface area contributed by atoms with Crippen LogP contribution in [-0.4, -0.2) is 11.7 Å². The summed E-state index contributed by atoms with van der Waals surface area (Å²) < 4.78 is 0. The van der Waals surface area contributed by atoms with Gasteiger partial charge in [0.15, 0.2) is 0 Å². The van der Waals surface area contributed by atoms with Crippen LogP contribution in [0, 0.1) is 13.8 Å². The van der Waals surface area contributed by atoms with E-state index in [2.05, 4.69) is 43.4 Å².